The van der Waals surface area contributed by atoms with Crippen LogP contribution in [0.3, 0.4) is 0 Å². The zero-order valence-electron chi connectivity index (χ0n) is 8.94. The van der Waals surface area contributed by atoms with E-state index in [9.17, 15) is 17.2 Å². The maximum absolute atomic E-state index is 12.3. The van der Waals surface area contributed by atoms with Crippen molar-refractivity contribution in [1.29, 1.82) is 0 Å². The van der Waals surface area contributed by atoms with Gasteiger partial charge in [0.15, 0.2) is 4.21 Å². The second-order valence-corrected chi connectivity index (χ2v) is 6.92. The summed E-state index contributed by atoms with van der Waals surface area (Å²) in [5.74, 6) is -0.0380. The molecule has 0 N–H and O–H groups in total. The van der Waals surface area contributed by atoms with Gasteiger partial charge in [-0.15, -0.1) is 22.9 Å². The van der Waals surface area contributed by atoms with E-state index < -0.39 is 23.0 Å². The third kappa shape index (κ3) is 3.84. The summed E-state index contributed by atoms with van der Waals surface area (Å²) in [7, 11) is -3.91. The van der Waals surface area contributed by atoms with Gasteiger partial charge < -0.3 is 0 Å². The van der Waals surface area contributed by atoms with E-state index >= 15 is 0 Å². The summed E-state index contributed by atoms with van der Waals surface area (Å²) in [6, 6.07) is 0. The largest absolute Gasteiger partial charge is 0.254 e. The number of aromatic nitrogens is 1. The molecule has 1 rings (SSSR count). The minimum Gasteiger partial charge on any atom is -0.249 e. The van der Waals surface area contributed by atoms with Gasteiger partial charge in [0.25, 0.3) is 16.4 Å². The fraction of sp³-hybridized carbons (Fsp3) is 0.625. The normalized spacial score (nSPS) is 12.6. The Morgan fingerprint density at radius 1 is 1.59 bits per heavy atom. The zero-order chi connectivity index (χ0) is 13.1. The van der Waals surface area contributed by atoms with Crippen LogP contribution in [-0.4, -0.2) is 43.1 Å². The third-order valence-electron chi connectivity index (χ3n) is 1.87. The smallest absolute Gasteiger partial charge is 0.249 e. The molecule has 0 bridgehead atoms. The van der Waals surface area contributed by atoms with Crippen molar-refractivity contribution >= 4 is 33.0 Å². The Labute approximate surface area is 107 Å². The number of aryl methyl sites for hydroxylation is 1. The van der Waals surface area contributed by atoms with Gasteiger partial charge in [0.05, 0.1) is 17.7 Å². The van der Waals surface area contributed by atoms with Gasteiger partial charge in [0.1, 0.15) is 0 Å². The fourth-order valence-corrected chi connectivity index (χ4v) is 4.13. The number of sulfonamides is 1. The number of halogens is 3. The lowest BCUT2D eigenvalue weighted by Crippen LogP contribution is -2.36. The van der Waals surface area contributed by atoms with Crippen LogP contribution in [0, 0.1) is 6.92 Å². The molecule has 0 saturated heterocycles. The first-order valence-corrected chi connectivity index (χ1v) is 7.43. The summed E-state index contributed by atoms with van der Waals surface area (Å²) < 4.78 is 49.2. The first-order valence-electron chi connectivity index (χ1n) is 4.64. The molecule has 0 fully saturated rings. The zero-order valence-corrected chi connectivity index (χ0v) is 11.3. The van der Waals surface area contributed by atoms with E-state index in [1.807, 2.05) is 0 Å². The summed E-state index contributed by atoms with van der Waals surface area (Å²) in [6.45, 7) is 0.639. The molecule has 0 aliphatic rings. The Morgan fingerprint density at radius 2 is 2.24 bits per heavy atom. The molecule has 0 amide bonds. The lowest BCUT2D eigenvalue weighted by molar-refractivity contribution is 0.121. The Hall–Kier alpha value is -0.310. The van der Waals surface area contributed by atoms with Crippen LogP contribution in [0.4, 0.5) is 8.78 Å². The summed E-state index contributed by atoms with van der Waals surface area (Å²) in [5, 5.41) is 0.562. The van der Waals surface area contributed by atoms with Crippen molar-refractivity contribution in [1.82, 2.24) is 9.29 Å². The van der Waals surface area contributed by atoms with Crippen molar-refractivity contribution in [2.45, 2.75) is 17.6 Å². The van der Waals surface area contributed by atoms with Crippen molar-refractivity contribution in [3.63, 3.8) is 0 Å². The van der Waals surface area contributed by atoms with E-state index in [0.29, 0.717) is 9.31 Å². The highest BCUT2D eigenvalue weighted by atomic mass is 35.5. The van der Waals surface area contributed by atoms with Crippen LogP contribution in [0.2, 0.25) is 0 Å². The maximum atomic E-state index is 12.3. The molecule has 0 unspecified atom stereocenters. The Bertz CT molecular complexity index is 464. The molecule has 1 aromatic heterocycles. The molecule has 0 saturated carbocycles. The summed E-state index contributed by atoms with van der Waals surface area (Å²) in [4.78, 5) is 3.80. The average molecular weight is 305 g/mol. The summed E-state index contributed by atoms with van der Waals surface area (Å²) in [6.07, 6.45) is -1.57. The van der Waals surface area contributed by atoms with Gasteiger partial charge in [-0.1, -0.05) is 0 Å². The van der Waals surface area contributed by atoms with Gasteiger partial charge in [-0.3, -0.25) is 0 Å². The fourth-order valence-electron chi connectivity index (χ4n) is 1.15. The quantitative estimate of drug-likeness (QED) is 0.755. The van der Waals surface area contributed by atoms with E-state index in [1.54, 1.807) is 6.92 Å². The SMILES string of the molecule is Cc1ncc(S(=O)(=O)N(CCCl)CC(F)F)s1. The molecule has 0 aromatic carbocycles. The van der Waals surface area contributed by atoms with Crippen LogP contribution in [0.5, 0.6) is 0 Å². The highest BCUT2D eigenvalue weighted by molar-refractivity contribution is 7.91. The van der Waals surface area contributed by atoms with Gasteiger partial charge in [-0.05, 0) is 6.92 Å². The van der Waals surface area contributed by atoms with E-state index in [4.69, 9.17) is 11.6 Å². The number of hydrogen-bond acceptors (Lipinski definition) is 4. The Balaban J connectivity index is 2.99. The predicted octanol–water partition coefficient (Wildman–Crippen LogP) is 1.95. The molecule has 98 valence electrons. The van der Waals surface area contributed by atoms with E-state index in [2.05, 4.69) is 4.98 Å². The molecule has 0 aliphatic carbocycles. The third-order valence-corrected chi connectivity index (χ3v) is 5.25. The van der Waals surface area contributed by atoms with Gasteiger partial charge >= 0.3 is 0 Å². The molecule has 1 heterocycles. The van der Waals surface area contributed by atoms with Crippen LogP contribution in [0.25, 0.3) is 0 Å². The van der Waals surface area contributed by atoms with E-state index in [1.165, 1.54) is 6.20 Å². The average Bonchev–Trinajstić information content (AvgIpc) is 2.64. The molecule has 0 aliphatic heterocycles. The second-order valence-electron chi connectivity index (χ2n) is 3.14. The summed E-state index contributed by atoms with van der Waals surface area (Å²) in [5.41, 5.74) is 0. The Kier molecular flexibility index (Phi) is 5.23. The molecule has 1 aromatic rings. The van der Waals surface area contributed by atoms with Gasteiger partial charge in [-0.2, -0.15) is 4.31 Å². The standard InChI is InChI=1S/C8H11ClF2N2O2S2/c1-6-12-4-8(16-6)17(14,15)13(3-2-9)5-7(10)11/h4,7H,2-3,5H2,1H3. The van der Waals surface area contributed by atoms with Crippen molar-refractivity contribution in [3.8, 4) is 0 Å². The predicted molar refractivity (Wildman–Crippen MR) is 62.3 cm³/mol. The number of hydrogen-bond donors (Lipinski definition) is 0. The summed E-state index contributed by atoms with van der Waals surface area (Å²) >= 11 is 6.36. The highest BCUT2D eigenvalue weighted by Crippen LogP contribution is 2.22. The minimum absolute atomic E-state index is 0.0380. The van der Waals surface area contributed by atoms with Crippen LogP contribution in [0.1, 0.15) is 5.01 Å². The van der Waals surface area contributed by atoms with Crippen LogP contribution < -0.4 is 0 Å². The van der Waals surface area contributed by atoms with Gasteiger partial charge in [0, 0.05) is 12.4 Å². The maximum Gasteiger partial charge on any atom is 0.254 e. The topological polar surface area (TPSA) is 50.3 Å². The Morgan fingerprint density at radius 3 is 2.65 bits per heavy atom. The lowest BCUT2D eigenvalue weighted by atomic mass is 10.6. The van der Waals surface area contributed by atoms with Gasteiger partial charge in [-0.25, -0.2) is 22.2 Å². The molecule has 0 spiro atoms. The monoisotopic (exact) mass is 304 g/mol. The van der Waals surface area contributed by atoms with Crippen molar-refractivity contribution < 1.29 is 17.2 Å². The molecule has 0 radical (unpaired) electrons. The number of rotatable bonds is 6. The van der Waals surface area contributed by atoms with Crippen molar-refractivity contribution in [2.75, 3.05) is 19.0 Å². The molecular formula is C8H11ClF2N2O2S2. The first-order chi connectivity index (χ1) is 7.87. The van der Waals surface area contributed by atoms with Crippen LogP contribution in [0.15, 0.2) is 10.4 Å². The minimum atomic E-state index is -3.91. The molecule has 0 atom stereocenters. The van der Waals surface area contributed by atoms with Gasteiger partial charge in [0.2, 0.25) is 0 Å². The number of alkyl halides is 3. The second kappa shape index (κ2) is 6.03. The lowest BCUT2D eigenvalue weighted by Gasteiger charge is -2.19. The van der Waals surface area contributed by atoms with Crippen LogP contribution >= 0.6 is 22.9 Å². The van der Waals surface area contributed by atoms with Crippen molar-refractivity contribution in [2.24, 2.45) is 0 Å². The van der Waals surface area contributed by atoms with Crippen LogP contribution in [-0.2, 0) is 10.0 Å². The first kappa shape index (κ1) is 14.7. The molecule has 9 heteroatoms. The highest BCUT2D eigenvalue weighted by Gasteiger charge is 2.28. The molecule has 17 heavy (non-hydrogen) atoms. The van der Waals surface area contributed by atoms with E-state index in [-0.39, 0.29) is 16.6 Å². The molecule has 4 nitrogen and oxygen atoms in total. The number of nitrogens with zero attached hydrogens (tertiary/aromatic N) is 2. The van der Waals surface area contributed by atoms with E-state index in [0.717, 1.165) is 11.3 Å². The molecular weight excluding hydrogens is 294 g/mol. The van der Waals surface area contributed by atoms with Crippen molar-refractivity contribution in [3.05, 3.63) is 11.2 Å². The number of thiazole rings is 1.